The molecule has 0 heterocycles. The van der Waals surface area contributed by atoms with Gasteiger partial charge in [-0.05, 0) is 30.0 Å². The summed E-state index contributed by atoms with van der Waals surface area (Å²) < 4.78 is 10.5. The Morgan fingerprint density at radius 3 is 2.19 bits per heavy atom. The second kappa shape index (κ2) is 5.97. The summed E-state index contributed by atoms with van der Waals surface area (Å²) in [5.74, 6) is 1.24. The molecule has 3 nitrogen and oxygen atoms in total. The van der Waals surface area contributed by atoms with E-state index < -0.39 is 0 Å². The van der Waals surface area contributed by atoms with Gasteiger partial charge in [-0.1, -0.05) is 18.5 Å². The molecule has 0 aromatic heterocycles. The first kappa shape index (κ1) is 13.1. The molecule has 0 amide bonds. The average Bonchev–Trinajstić information content (AvgIpc) is 2.29. The first-order chi connectivity index (χ1) is 7.69. The summed E-state index contributed by atoms with van der Waals surface area (Å²) in [5, 5.41) is 9.47. The maximum Gasteiger partial charge on any atom is 0.144 e. The number of halogens is 1. The van der Waals surface area contributed by atoms with E-state index in [1.54, 1.807) is 14.2 Å². The summed E-state index contributed by atoms with van der Waals surface area (Å²) in [6.45, 7) is 2.10. The Bertz CT molecular complexity index is 364. The van der Waals surface area contributed by atoms with E-state index in [4.69, 9.17) is 26.2 Å². The Hall–Kier alpha value is -0.930. The van der Waals surface area contributed by atoms with E-state index in [1.165, 1.54) is 0 Å². The van der Waals surface area contributed by atoms with Crippen molar-refractivity contribution < 1.29 is 14.6 Å². The molecule has 0 saturated carbocycles. The van der Waals surface area contributed by atoms with Gasteiger partial charge in [0.05, 0.1) is 14.2 Å². The maximum atomic E-state index is 8.99. The topological polar surface area (TPSA) is 38.7 Å². The number of methoxy groups -OCH3 is 2. The number of rotatable bonds is 5. The lowest BCUT2D eigenvalue weighted by Crippen LogP contribution is -2.01. The van der Waals surface area contributed by atoms with Crippen LogP contribution in [0.25, 0.3) is 0 Å². The van der Waals surface area contributed by atoms with Crippen molar-refractivity contribution in [1.29, 1.82) is 0 Å². The maximum absolute atomic E-state index is 8.99. The predicted molar refractivity (Wildman–Crippen MR) is 64.7 cm³/mol. The van der Waals surface area contributed by atoms with Crippen LogP contribution in [0.15, 0.2) is 6.07 Å². The van der Waals surface area contributed by atoms with Crippen LogP contribution in [0.5, 0.6) is 11.5 Å². The van der Waals surface area contributed by atoms with E-state index in [9.17, 15) is 0 Å². The molecule has 0 bridgehead atoms. The van der Waals surface area contributed by atoms with E-state index in [1.807, 2.05) is 13.0 Å². The lowest BCUT2D eigenvalue weighted by Gasteiger charge is -2.16. The van der Waals surface area contributed by atoms with Crippen molar-refractivity contribution in [3.05, 3.63) is 22.2 Å². The van der Waals surface area contributed by atoms with Crippen molar-refractivity contribution in [1.82, 2.24) is 0 Å². The largest absolute Gasteiger partial charge is 0.495 e. The number of hydrogen-bond donors (Lipinski definition) is 1. The van der Waals surface area contributed by atoms with Gasteiger partial charge in [-0.2, -0.15) is 0 Å². The number of benzene rings is 1. The molecule has 1 aromatic carbocycles. The molecule has 0 aliphatic heterocycles. The molecule has 1 aromatic rings. The fourth-order valence-corrected chi connectivity index (χ4v) is 2.13. The fourth-order valence-electron chi connectivity index (χ4n) is 1.74. The SMILES string of the molecule is CCc1cc(CCO)c(OC)c(Cl)c1OC. The molecule has 4 heteroatoms. The summed E-state index contributed by atoms with van der Waals surface area (Å²) in [6, 6.07) is 1.97. The van der Waals surface area contributed by atoms with Gasteiger partial charge < -0.3 is 14.6 Å². The Labute approximate surface area is 101 Å². The Kier molecular flexibility index (Phi) is 4.90. The number of aliphatic hydroxyl groups is 1. The van der Waals surface area contributed by atoms with Gasteiger partial charge in [-0.15, -0.1) is 0 Å². The standard InChI is InChI=1S/C12H17ClO3/c1-4-8-7-9(5-6-14)12(16-3)10(13)11(8)15-2/h7,14H,4-6H2,1-3H3. The van der Waals surface area contributed by atoms with Crippen molar-refractivity contribution in [2.24, 2.45) is 0 Å². The molecule has 0 aliphatic rings. The van der Waals surface area contributed by atoms with Crippen molar-refractivity contribution >= 4 is 11.6 Å². The van der Waals surface area contributed by atoms with Gasteiger partial charge in [0.25, 0.3) is 0 Å². The summed E-state index contributed by atoms with van der Waals surface area (Å²) in [4.78, 5) is 0. The summed E-state index contributed by atoms with van der Waals surface area (Å²) in [6.07, 6.45) is 1.35. The van der Waals surface area contributed by atoms with Crippen LogP contribution < -0.4 is 9.47 Å². The lowest BCUT2D eigenvalue weighted by molar-refractivity contribution is 0.296. The highest BCUT2D eigenvalue weighted by molar-refractivity contribution is 6.33. The normalized spacial score (nSPS) is 10.3. The van der Waals surface area contributed by atoms with E-state index in [0.29, 0.717) is 22.9 Å². The van der Waals surface area contributed by atoms with Gasteiger partial charge in [0, 0.05) is 6.61 Å². The number of hydrogen-bond acceptors (Lipinski definition) is 3. The predicted octanol–water partition coefficient (Wildman–Crippen LogP) is 2.45. The van der Waals surface area contributed by atoms with Crippen LogP contribution >= 0.6 is 11.6 Å². The Balaban J connectivity index is 3.35. The third kappa shape index (κ3) is 2.42. The van der Waals surface area contributed by atoms with Gasteiger partial charge in [0.1, 0.15) is 16.5 Å². The van der Waals surface area contributed by atoms with Crippen molar-refractivity contribution in [2.75, 3.05) is 20.8 Å². The lowest BCUT2D eigenvalue weighted by atomic mass is 10.0. The second-order valence-corrected chi connectivity index (χ2v) is 3.78. The second-order valence-electron chi connectivity index (χ2n) is 3.40. The fraction of sp³-hybridized carbons (Fsp3) is 0.500. The third-order valence-electron chi connectivity index (χ3n) is 2.50. The zero-order valence-electron chi connectivity index (χ0n) is 9.84. The Morgan fingerprint density at radius 1 is 1.19 bits per heavy atom. The molecular formula is C12H17ClO3. The highest BCUT2D eigenvalue weighted by Gasteiger charge is 2.16. The molecule has 0 saturated heterocycles. The Morgan fingerprint density at radius 2 is 1.75 bits per heavy atom. The molecule has 0 fully saturated rings. The van der Waals surface area contributed by atoms with E-state index in [2.05, 4.69) is 0 Å². The van der Waals surface area contributed by atoms with Crippen LogP contribution in [0.4, 0.5) is 0 Å². The highest BCUT2D eigenvalue weighted by Crippen LogP contribution is 2.40. The van der Waals surface area contributed by atoms with E-state index >= 15 is 0 Å². The first-order valence-electron chi connectivity index (χ1n) is 5.22. The van der Waals surface area contributed by atoms with Crippen LogP contribution in [0.1, 0.15) is 18.1 Å². The number of aliphatic hydroxyl groups excluding tert-OH is 1. The minimum absolute atomic E-state index is 0.0716. The van der Waals surface area contributed by atoms with Gasteiger partial charge in [0.2, 0.25) is 0 Å². The van der Waals surface area contributed by atoms with Crippen LogP contribution in [0.2, 0.25) is 5.02 Å². The molecule has 0 atom stereocenters. The van der Waals surface area contributed by atoms with Crippen LogP contribution in [-0.2, 0) is 12.8 Å². The molecule has 0 spiro atoms. The molecule has 90 valence electrons. The van der Waals surface area contributed by atoms with E-state index in [0.717, 1.165) is 17.5 Å². The van der Waals surface area contributed by atoms with Gasteiger partial charge in [-0.3, -0.25) is 0 Å². The van der Waals surface area contributed by atoms with Gasteiger partial charge in [0.15, 0.2) is 0 Å². The molecule has 0 radical (unpaired) electrons. The van der Waals surface area contributed by atoms with E-state index in [-0.39, 0.29) is 6.61 Å². The van der Waals surface area contributed by atoms with Crippen LogP contribution in [0.3, 0.4) is 0 Å². The first-order valence-corrected chi connectivity index (χ1v) is 5.60. The zero-order valence-corrected chi connectivity index (χ0v) is 10.6. The van der Waals surface area contributed by atoms with Crippen LogP contribution in [-0.4, -0.2) is 25.9 Å². The minimum atomic E-state index is 0.0716. The smallest absolute Gasteiger partial charge is 0.144 e. The van der Waals surface area contributed by atoms with Crippen molar-refractivity contribution in [3.8, 4) is 11.5 Å². The molecule has 1 N–H and O–H groups in total. The monoisotopic (exact) mass is 244 g/mol. The molecule has 1 rings (SSSR count). The van der Waals surface area contributed by atoms with Crippen LogP contribution in [0, 0.1) is 0 Å². The molecule has 0 aliphatic carbocycles. The number of aryl methyl sites for hydroxylation is 1. The number of ether oxygens (including phenoxy) is 2. The minimum Gasteiger partial charge on any atom is -0.495 e. The summed E-state index contributed by atoms with van der Waals surface area (Å²) in [7, 11) is 3.15. The van der Waals surface area contributed by atoms with Gasteiger partial charge in [-0.25, -0.2) is 0 Å². The van der Waals surface area contributed by atoms with Gasteiger partial charge >= 0.3 is 0 Å². The molecular weight excluding hydrogens is 228 g/mol. The third-order valence-corrected chi connectivity index (χ3v) is 2.84. The zero-order chi connectivity index (χ0) is 12.1. The van der Waals surface area contributed by atoms with Crippen molar-refractivity contribution in [2.45, 2.75) is 19.8 Å². The van der Waals surface area contributed by atoms with Crippen molar-refractivity contribution in [3.63, 3.8) is 0 Å². The molecule has 0 unspecified atom stereocenters. The summed E-state index contributed by atoms with van der Waals surface area (Å²) in [5.41, 5.74) is 1.93. The average molecular weight is 245 g/mol. The molecule has 16 heavy (non-hydrogen) atoms. The highest BCUT2D eigenvalue weighted by atomic mass is 35.5. The quantitative estimate of drug-likeness (QED) is 0.865. The summed E-state index contributed by atoms with van der Waals surface area (Å²) >= 11 is 6.20.